The summed E-state index contributed by atoms with van der Waals surface area (Å²) in [7, 11) is 0. The summed E-state index contributed by atoms with van der Waals surface area (Å²) in [5, 5.41) is 6.54. The molecule has 0 heterocycles. The Hall–Kier alpha value is -1.82. The SMILES string of the molecule is Cc1cc(C)c(NCC(=O)NNC(=S)NC(C)C)c(C)c1. The van der Waals surface area contributed by atoms with Gasteiger partial charge in [-0.1, -0.05) is 17.7 Å². The highest BCUT2D eigenvalue weighted by atomic mass is 32.1. The number of carbonyl (C=O) groups excluding carboxylic acids is 1. The van der Waals surface area contributed by atoms with Gasteiger partial charge in [0.15, 0.2) is 5.11 Å². The molecule has 0 radical (unpaired) electrons. The molecule has 0 spiro atoms. The van der Waals surface area contributed by atoms with E-state index in [9.17, 15) is 4.79 Å². The van der Waals surface area contributed by atoms with Gasteiger partial charge in [-0.25, -0.2) is 0 Å². The maximum absolute atomic E-state index is 11.8. The Labute approximate surface area is 131 Å². The second kappa shape index (κ2) is 7.83. The molecule has 116 valence electrons. The summed E-state index contributed by atoms with van der Waals surface area (Å²) in [6, 6.07) is 4.40. The highest BCUT2D eigenvalue weighted by Crippen LogP contribution is 2.21. The van der Waals surface area contributed by atoms with Crippen molar-refractivity contribution >= 4 is 28.9 Å². The first-order valence-corrected chi connectivity index (χ1v) is 7.37. The van der Waals surface area contributed by atoms with E-state index >= 15 is 0 Å². The van der Waals surface area contributed by atoms with E-state index in [1.54, 1.807) is 0 Å². The zero-order valence-corrected chi connectivity index (χ0v) is 14.1. The number of benzene rings is 1. The number of carbonyl (C=O) groups is 1. The van der Waals surface area contributed by atoms with Crippen molar-refractivity contribution in [2.24, 2.45) is 0 Å². The fourth-order valence-corrected chi connectivity index (χ4v) is 2.38. The van der Waals surface area contributed by atoms with Crippen LogP contribution in [0.1, 0.15) is 30.5 Å². The van der Waals surface area contributed by atoms with Gasteiger partial charge in [-0.3, -0.25) is 15.6 Å². The van der Waals surface area contributed by atoms with Crippen LogP contribution in [0.4, 0.5) is 5.69 Å². The Balaban J connectivity index is 2.45. The summed E-state index contributed by atoms with van der Waals surface area (Å²) in [5.74, 6) is -0.178. The third-order valence-electron chi connectivity index (χ3n) is 2.84. The van der Waals surface area contributed by atoms with Crippen molar-refractivity contribution in [3.63, 3.8) is 0 Å². The molecule has 0 bridgehead atoms. The largest absolute Gasteiger partial charge is 0.376 e. The van der Waals surface area contributed by atoms with E-state index in [4.69, 9.17) is 12.2 Å². The molecule has 1 aromatic rings. The lowest BCUT2D eigenvalue weighted by Gasteiger charge is -2.16. The standard InChI is InChI=1S/C15H24N4OS/c1-9(2)17-15(21)19-18-13(20)8-16-14-11(4)6-10(3)7-12(14)5/h6-7,9,16H,8H2,1-5H3,(H,18,20)(H2,17,19,21). The minimum Gasteiger partial charge on any atom is -0.376 e. The Kier molecular flexibility index (Phi) is 6.42. The molecule has 0 aromatic heterocycles. The van der Waals surface area contributed by atoms with Crippen LogP contribution in [-0.4, -0.2) is 23.6 Å². The van der Waals surface area contributed by atoms with E-state index < -0.39 is 0 Å². The molecule has 0 aliphatic carbocycles. The van der Waals surface area contributed by atoms with E-state index in [-0.39, 0.29) is 18.5 Å². The fraction of sp³-hybridized carbons (Fsp3) is 0.467. The molecule has 6 heteroatoms. The van der Waals surface area contributed by atoms with Crippen LogP contribution in [0.15, 0.2) is 12.1 Å². The summed E-state index contributed by atoms with van der Waals surface area (Å²) < 4.78 is 0. The van der Waals surface area contributed by atoms with Gasteiger partial charge in [-0.2, -0.15) is 0 Å². The van der Waals surface area contributed by atoms with E-state index in [0.717, 1.165) is 16.8 Å². The number of hydrogen-bond donors (Lipinski definition) is 4. The smallest absolute Gasteiger partial charge is 0.257 e. The summed E-state index contributed by atoms with van der Waals surface area (Å²) in [6.07, 6.45) is 0. The van der Waals surface area contributed by atoms with Crippen molar-refractivity contribution in [2.75, 3.05) is 11.9 Å². The third-order valence-corrected chi connectivity index (χ3v) is 3.06. The lowest BCUT2D eigenvalue weighted by Crippen LogP contribution is -2.49. The van der Waals surface area contributed by atoms with Crippen LogP contribution < -0.4 is 21.5 Å². The number of aryl methyl sites for hydroxylation is 3. The molecule has 1 rings (SSSR count). The molecule has 1 amide bonds. The number of amides is 1. The zero-order valence-electron chi connectivity index (χ0n) is 13.3. The van der Waals surface area contributed by atoms with E-state index in [1.165, 1.54) is 5.56 Å². The predicted molar refractivity (Wildman–Crippen MR) is 91.3 cm³/mol. The maximum atomic E-state index is 11.8. The van der Waals surface area contributed by atoms with Gasteiger partial charge >= 0.3 is 0 Å². The van der Waals surface area contributed by atoms with Crippen LogP contribution in [0.5, 0.6) is 0 Å². The molecule has 4 N–H and O–H groups in total. The van der Waals surface area contributed by atoms with Crippen LogP contribution in [0.3, 0.4) is 0 Å². The van der Waals surface area contributed by atoms with Crippen molar-refractivity contribution < 1.29 is 4.79 Å². The van der Waals surface area contributed by atoms with Crippen molar-refractivity contribution in [1.82, 2.24) is 16.2 Å². The van der Waals surface area contributed by atoms with E-state index in [1.807, 2.05) is 27.7 Å². The lowest BCUT2D eigenvalue weighted by atomic mass is 10.1. The number of nitrogens with one attached hydrogen (secondary N) is 4. The van der Waals surface area contributed by atoms with E-state index in [0.29, 0.717) is 5.11 Å². The molecule has 0 aliphatic rings. The molecule has 0 saturated carbocycles. The lowest BCUT2D eigenvalue weighted by molar-refractivity contribution is -0.119. The summed E-state index contributed by atoms with van der Waals surface area (Å²) in [4.78, 5) is 11.8. The molecular weight excluding hydrogens is 284 g/mol. The highest BCUT2D eigenvalue weighted by Gasteiger charge is 2.06. The molecule has 0 aliphatic heterocycles. The Bertz CT molecular complexity index is 505. The van der Waals surface area contributed by atoms with Gasteiger partial charge in [0.2, 0.25) is 0 Å². The van der Waals surface area contributed by atoms with Gasteiger partial charge in [0.05, 0.1) is 6.54 Å². The van der Waals surface area contributed by atoms with Crippen LogP contribution >= 0.6 is 12.2 Å². The van der Waals surface area contributed by atoms with Gasteiger partial charge in [-0.15, -0.1) is 0 Å². The average molecular weight is 308 g/mol. The average Bonchev–Trinajstić information content (AvgIpc) is 2.34. The molecule has 1 aromatic carbocycles. The van der Waals surface area contributed by atoms with E-state index in [2.05, 4.69) is 40.5 Å². The monoisotopic (exact) mass is 308 g/mol. The first kappa shape index (κ1) is 17.2. The summed E-state index contributed by atoms with van der Waals surface area (Å²) in [5.41, 5.74) is 9.70. The van der Waals surface area contributed by atoms with Crippen LogP contribution in [0.25, 0.3) is 0 Å². The summed E-state index contributed by atoms with van der Waals surface area (Å²) in [6.45, 7) is 10.2. The highest BCUT2D eigenvalue weighted by molar-refractivity contribution is 7.80. The van der Waals surface area contributed by atoms with Crippen LogP contribution in [0, 0.1) is 20.8 Å². The number of rotatable bonds is 4. The predicted octanol–water partition coefficient (Wildman–Crippen LogP) is 1.93. The van der Waals surface area contributed by atoms with Crippen LogP contribution in [-0.2, 0) is 4.79 Å². The fourth-order valence-electron chi connectivity index (χ4n) is 2.10. The Morgan fingerprint density at radius 1 is 1.14 bits per heavy atom. The number of hydrazine groups is 1. The van der Waals surface area contributed by atoms with Gasteiger partial charge in [0, 0.05) is 11.7 Å². The molecule has 0 atom stereocenters. The van der Waals surface area contributed by atoms with Gasteiger partial charge in [0.25, 0.3) is 5.91 Å². The minimum absolute atomic E-state index is 0.178. The van der Waals surface area contributed by atoms with Gasteiger partial charge in [-0.05, 0) is 58.0 Å². The first-order valence-electron chi connectivity index (χ1n) is 6.96. The number of anilines is 1. The zero-order chi connectivity index (χ0) is 16.0. The van der Waals surface area contributed by atoms with Crippen molar-refractivity contribution in [3.8, 4) is 0 Å². The Morgan fingerprint density at radius 3 is 2.24 bits per heavy atom. The van der Waals surface area contributed by atoms with Gasteiger partial charge < -0.3 is 10.6 Å². The molecule has 0 fully saturated rings. The maximum Gasteiger partial charge on any atom is 0.257 e. The third kappa shape index (κ3) is 5.99. The van der Waals surface area contributed by atoms with Crippen molar-refractivity contribution in [3.05, 3.63) is 28.8 Å². The second-order valence-electron chi connectivity index (χ2n) is 5.43. The molecule has 0 saturated heterocycles. The normalized spacial score (nSPS) is 10.2. The quantitative estimate of drug-likeness (QED) is 0.506. The number of thiocarbonyl (C=S) groups is 1. The van der Waals surface area contributed by atoms with Crippen LogP contribution in [0.2, 0.25) is 0 Å². The topological polar surface area (TPSA) is 65.2 Å². The van der Waals surface area contributed by atoms with Crippen molar-refractivity contribution in [1.29, 1.82) is 0 Å². The molecule has 5 nitrogen and oxygen atoms in total. The van der Waals surface area contributed by atoms with Crippen molar-refractivity contribution in [2.45, 2.75) is 40.7 Å². The minimum atomic E-state index is -0.178. The molecule has 21 heavy (non-hydrogen) atoms. The molecular formula is C15H24N4OS. The van der Waals surface area contributed by atoms with Gasteiger partial charge in [0.1, 0.15) is 0 Å². The Morgan fingerprint density at radius 2 is 1.71 bits per heavy atom. The number of hydrogen-bond acceptors (Lipinski definition) is 3. The first-order chi connectivity index (χ1) is 9.79. The second-order valence-corrected chi connectivity index (χ2v) is 5.84. The summed E-state index contributed by atoms with van der Waals surface area (Å²) >= 11 is 5.02. The molecule has 0 unspecified atom stereocenters.